The third-order valence-electron chi connectivity index (χ3n) is 3.66. The van der Waals surface area contributed by atoms with E-state index in [9.17, 15) is 14.0 Å². The van der Waals surface area contributed by atoms with Crippen molar-refractivity contribution >= 4 is 33.6 Å². The summed E-state index contributed by atoms with van der Waals surface area (Å²) in [6, 6.07) is 3.32. The second-order valence-corrected chi connectivity index (χ2v) is 7.78. The van der Waals surface area contributed by atoms with E-state index in [1.165, 1.54) is 23.5 Å². The third-order valence-corrected chi connectivity index (χ3v) is 4.88. The lowest BCUT2D eigenvalue weighted by molar-refractivity contribution is -0.124. The van der Waals surface area contributed by atoms with Crippen LogP contribution >= 0.6 is 11.3 Å². The number of ether oxygens (including phenoxy) is 1. The predicted octanol–water partition coefficient (Wildman–Crippen LogP) is 3.77. The number of aromatic nitrogens is 1. The zero-order valence-electron chi connectivity index (χ0n) is 15.5. The van der Waals surface area contributed by atoms with Crippen molar-refractivity contribution in [3.63, 3.8) is 0 Å². The van der Waals surface area contributed by atoms with Crippen LogP contribution < -0.4 is 10.6 Å². The van der Waals surface area contributed by atoms with Crippen LogP contribution in [0.1, 0.15) is 45.7 Å². The molecular formula is C18H24FN3O3S. The van der Waals surface area contributed by atoms with E-state index < -0.39 is 12.1 Å². The van der Waals surface area contributed by atoms with Crippen LogP contribution in [-0.2, 0) is 9.53 Å². The van der Waals surface area contributed by atoms with Crippen LogP contribution in [0.2, 0.25) is 0 Å². The topological polar surface area (TPSA) is 80.3 Å². The van der Waals surface area contributed by atoms with Gasteiger partial charge in [0, 0.05) is 6.07 Å². The van der Waals surface area contributed by atoms with Crippen molar-refractivity contribution in [1.82, 2.24) is 15.6 Å². The molecule has 0 saturated carbocycles. The highest BCUT2D eigenvalue weighted by Gasteiger charge is 2.27. The van der Waals surface area contributed by atoms with Gasteiger partial charge in [0.1, 0.15) is 16.9 Å². The van der Waals surface area contributed by atoms with Crippen molar-refractivity contribution in [2.24, 2.45) is 5.92 Å². The molecule has 1 aromatic heterocycles. The molecular weight excluding hydrogens is 357 g/mol. The Hall–Kier alpha value is -2.22. The monoisotopic (exact) mass is 381 g/mol. The van der Waals surface area contributed by atoms with Crippen LogP contribution in [0.15, 0.2) is 18.2 Å². The highest BCUT2D eigenvalue weighted by molar-refractivity contribution is 7.18. The normalized spacial score (nSPS) is 13.7. The van der Waals surface area contributed by atoms with Crippen molar-refractivity contribution in [2.75, 3.05) is 0 Å². The summed E-state index contributed by atoms with van der Waals surface area (Å²) in [6.07, 6.45) is -0.898. The zero-order chi connectivity index (χ0) is 19.4. The Morgan fingerprint density at radius 3 is 2.46 bits per heavy atom. The Morgan fingerprint density at radius 2 is 1.85 bits per heavy atom. The standard InChI is InChI=1S/C18H24FN3O3S/c1-9(2)15(22-18(24)25-10(3)4)16(23)20-11(5)17-21-13-8-12(19)6-7-14(13)26-17/h6-11,15H,1-5H3,(H,20,23)(H,22,24)/t11-,15+/m1/s1. The third kappa shape index (κ3) is 5.14. The second kappa shape index (κ2) is 8.44. The molecule has 0 unspecified atom stereocenters. The SMILES string of the molecule is CC(C)OC(=O)N[C@H](C(=O)N[C@H](C)c1nc2cc(F)ccc2s1)C(C)C. The van der Waals surface area contributed by atoms with Gasteiger partial charge in [-0.05, 0) is 38.8 Å². The maximum atomic E-state index is 13.3. The highest BCUT2D eigenvalue weighted by Crippen LogP contribution is 2.27. The van der Waals surface area contributed by atoms with Crippen molar-refractivity contribution in [3.05, 3.63) is 29.0 Å². The quantitative estimate of drug-likeness (QED) is 0.798. The minimum absolute atomic E-state index is 0.119. The summed E-state index contributed by atoms with van der Waals surface area (Å²) in [7, 11) is 0. The second-order valence-electron chi connectivity index (χ2n) is 6.71. The number of benzene rings is 1. The van der Waals surface area contributed by atoms with E-state index in [1.54, 1.807) is 26.8 Å². The van der Waals surface area contributed by atoms with Crippen LogP contribution in [0.4, 0.5) is 9.18 Å². The fraction of sp³-hybridized carbons (Fsp3) is 0.500. The summed E-state index contributed by atoms with van der Waals surface area (Å²) >= 11 is 1.39. The van der Waals surface area contributed by atoms with Gasteiger partial charge in [0.05, 0.1) is 22.4 Å². The number of nitrogens with zero attached hydrogens (tertiary/aromatic N) is 1. The zero-order valence-corrected chi connectivity index (χ0v) is 16.3. The van der Waals surface area contributed by atoms with E-state index in [0.29, 0.717) is 10.5 Å². The van der Waals surface area contributed by atoms with Gasteiger partial charge in [0.15, 0.2) is 0 Å². The molecule has 26 heavy (non-hydrogen) atoms. The first kappa shape index (κ1) is 20.1. The van der Waals surface area contributed by atoms with Crippen LogP contribution in [0.3, 0.4) is 0 Å². The maximum absolute atomic E-state index is 13.3. The van der Waals surface area contributed by atoms with Crippen LogP contribution in [0.25, 0.3) is 10.2 Å². The van der Waals surface area contributed by atoms with Gasteiger partial charge >= 0.3 is 6.09 Å². The number of amides is 2. The molecule has 142 valence electrons. The highest BCUT2D eigenvalue weighted by atomic mass is 32.1. The van der Waals surface area contributed by atoms with E-state index in [2.05, 4.69) is 15.6 Å². The molecule has 1 heterocycles. The summed E-state index contributed by atoms with van der Waals surface area (Å²) in [5.74, 6) is -0.788. The fourth-order valence-corrected chi connectivity index (χ4v) is 3.33. The molecule has 0 aliphatic heterocycles. The van der Waals surface area contributed by atoms with Crippen molar-refractivity contribution < 1.29 is 18.7 Å². The first-order valence-electron chi connectivity index (χ1n) is 8.51. The average molecular weight is 381 g/mol. The molecule has 1 aromatic carbocycles. The number of carbonyl (C=O) groups excluding carboxylic acids is 2. The van der Waals surface area contributed by atoms with Gasteiger partial charge in [-0.2, -0.15) is 0 Å². The number of thiazole rings is 1. The van der Waals surface area contributed by atoms with Crippen LogP contribution in [-0.4, -0.2) is 29.1 Å². The molecule has 0 bridgehead atoms. The van der Waals surface area contributed by atoms with Gasteiger partial charge in [-0.1, -0.05) is 13.8 Å². The Balaban J connectivity index is 2.07. The van der Waals surface area contributed by atoms with Crippen LogP contribution in [0.5, 0.6) is 0 Å². The first-order chi connectivity index (χ1) is 12.2. The molecule has 2 aromatic rings. The molecule has 0 aliphatic carbocycles. The van der Waals surface area contributed by atoms with E-state index >= 15 is 0 Å². The Morgan fingerprint density at radius 1 is 1.15 bits per heavy atom. The number of hydrogen-bond donors (Lipinski definition) is 2. The summed E-state index contributed by atoms with van der Waals surface area (Å²) in [5.41, 5.74) is 0.560. The lowest BCUT2D eigenvalue weighted by atomic mass is 10.0. The van der Waals surface area contributed by atoms with Crippen molar-refractivity contribution in [2.45, 2.75) is 52.8 Å². The minimum atomic E-state index is -0.726. The lowest BCUT2D eigenvalue weighted by Gasteiger charge is -2.23. The number of halogens is 1. The van der Waals surface area contributed by atoms with E-state index in [-0.39, 0.29) is 29.8 Å². The van der Waals surface area contributed by atoms with Gasteiger partial charge in [0.25, 0.3) is 0 Å². The predicted molar refractivity (Wildman–Crippen MR) is 99.5 cm³/mol. The number of alkyl carbamates (subject to hydrolysis) is 1. The van der Waals surface area contributed by atoms with Crippen molar-refractivity contribution in [1.29, 1.82) is 0 Å². The van der Waals surface area contributed by atoms with E-state index in [0.717, 1.165) is 4.70 Å². The summed E-state index contributed by atoms with van der Waals surface area (Å²) < 4.78 is 19.2. The number of hydrogen-bond acceptors (Lipinski definition) is 5. The Kier molecular flexibility index (Phi) is 6.52. The number of rotatable bonds is 6. The molecule has 0 spiro atoms. The Bertz CT molecular complexity index is 791. The maximum Gasteiger partial charge on any atom is 0.408 e. The van der Waals surface area contributed by atoms with Gasteiger partial charge in [-0.3, -0.25) is 4.79 Å². The van der Waals surface area contributed by atoms with E-state index in [1.807, 2.05) is 13.8 Å². The molecule has 6 nitrogen and oxygen atoms in total. The van der Waals surface area contributed by atoms with Gasteiger partial charge in [0.2, 0.25) is 5.91 Å². The van der Waals surface area contributed by atoms with Gasteiger partial charge in [-0.15, -0.1) is 11.3 Å². The molecule has 2 N–H and O–H groups in total. The molecule has 2 rings (SSSR count). The first-order valence-corrected chi connectivity index (χ1v) is 9.32. The molecule has 0 saturated heterocycles. The molecule has 0 fully saturated rings. The van der Waals surface area contributed by atoms with Crippen molar-refractivity contribution in [3.8, 4) is 0 Å². The minimum Gasteiger partial charge on any atom is -0.447 e. The molecule has 0 radical (unpaired) electrons. The van der Waals surface area contributed by atoms with E-state index in [4.69, 9.17) is 4.74 Å². The number of nitrogens with one attached hydrogen (secondary N) is 2. The molecule has 2 amide bonds. The molecule has 8 heteroatoms. The molecule has 0 aliphatic rings. The number of carbonyl (C=O) groups is 2. The lowest BCUT2D eigenvalue weighted by Crippen LogP contribution is -2.50. The summed E-state index contributed by atoms with van der Waals surface area (Å²) in [4.78, 5) is 28.8. The molecule has 2 atom stereocenters. The summed E-state index contributed by atoms with van der Waals surface area (Å²) in [5, 5.41) is 6.13. The number of fused-ring (bicyclic) bond motifs is 1. The van der Waals surface area contributed by atoms with Gasteiger partial charge in [-0.25, -0.2) is 14.2 Å². The Labute approximate surface area is 156 Å². The average Bonchev–Trinajstić information content (AvgIpc) is 2.94. The fourth-order valence-electron chi connectivity index (χ4n) is 2.38. The van der Waals surface area contributed by atoms with Gasteiger partial charge < -0.3 is 15.4 Å². The smallest absolute Gasteiger partial charge is 0.408 e. The largest absolute Gasteiger partial charge is 0.447 e. The summed E-state index contributed by atoms with van der Waals surface area (Å²) in [6.45, 7) is 8.95. The van der Waals surface area contributed by atoms with Crippen LogP contribution in [0, 0.1) is 11.7 Å².